The van der Waals surface area contributed by atoms with E-state index in [-0.39, 0.29) is 11.7 Å². The minimum absolute atomic E-state index is 0.108. The molecule has 9 heteroatoms. The average Bonchev–Trinajstić information content (AvgIpc) is 3.16. The number of nitrogens with zero attached hydrogens (tertiary/aromatic N) is 6. The van der Waals surface area contributed by atoms with E-state index >= 15 is 0 Å². The molecule has 1 aliphatic rings. The van der Waals surface area contributed by atoms with Crippen LogP contribution in [0.2, 0.25) is 0 Å². The zero-order valence-corrected chi connectivity index (χ0v) is 16.2. The summed E-state index contributed by atoms with van der Waals surface area (Å²) >= 11 is 1.25. The summed E-state index contributed by atoms with van der Waals surface area (Å²) in [5, 5.41) is 30.9. The molecule has 1 aromatic carbocycles. The predicted octanol–water partition coefficient (Wildman–Crippen LogP) is 2.53. The van der Waals surface area contributed by atoms with Gasteiger partial charge < -0.3 is 10.0 Å². The molecule has 1 fully saturated rings. The molecule has 1 heterocycles. The molecule has 1 amide bonds. The second-order valence-electron chi connectivity index (χ2n) is 6.75. The van der Waals surface area contributed by atoms with Gasteiger partial charge in [0.15, 0.2) is 0 Å². The number of carbonyl (C=O) groups is 1. The number of thioether (sulfide) groups is 1. The number of aromatic hydroxyl groups is 1. The van der Waals surface area contributed by atoms with E-state index in [1.807, 2.05) is 0 Å². The molecule has 3 rings (SSSR count). The predicted molar refractivity (Wildman–Crippen MR) is 100 cm³/mol. The second kappa shape index (κ2) is 7.96. The molecule has 142 valence electrons. The lowest BCUT2D eigenvalue weighted by atomic mass is 9.81. The quantitative estimate of drug-likeness (QED) is 0.787. The van der Waals surface area contributed by atoms with Crippen LogP contribution < -0.4 is 0 Å². The number of benzene rings is 1. The molecule has 1 aromatic heterocycles. The lowest BCUT2D eigenvalue weighted by Gasteiger charge is -2.40. The number of amides is 1. The Morgan fingerprint density at radius 2 is 2.00 bits per heavy atom. The van der Waals surface area contributed by atoms with Gasteiger partial charge in [-0.3, -0.25) is 4.79 Å². The summed E-state index contributed by atoms with van der Waals surface area (Å²) in [7, 11) is 1.72. The highest BCUT2D eigenvalue weighted by Gasteiger charge is 2.40. The van der Waals surface area contributed by atoms with Crippen molar-refractivity contribution in [1.82, 2.24) is 25.1 Å². The Bertz CT molecular complexity index is 838. The lowest BCUT2D eigenvalue weighted by molar-refractivity contribution is -0.133. The van der Waals surface area contributed by atoms with E-state index in [1.54, 1.807) is 43.1 Å². The largest absolute Gasteiger partial charge is 0.508 e. The number of phenolic OH excluding ortho intramolecular Hbond substituents is 1. The molecule has 1 N–H and O–H groups in total. The standard InChI is InChI=1S/C18H22N6O2S/c1-13(16(26)23(2)18(12-19)10-4-3-5-11-18)27-17-20-21-22-24(17)14-6-8-15(25)9-7-14/h6-9,13,25H,3-5,10-11H2,1-2H3/t13-/m0/s1. The van der Waals surface area contributed by atoms with Gasteiger partial charge >= 0.3 is 0 Å². The maximum Gasteiger partial charge on any atom is 0.236 e. The van der Waals surface area contributed by atoms with Gasteiger partial charge in [-0.1, -0.05) is 31.0 Å². The Morgan fingerprint density at radius 1 is 1.33 bits per heavy atom. The van der Waals surface area contributed by atoms with E-state index in [4.69, 9.17) is 0 Å². The number of rotatable bonds is 5. The number of tetrazole rings is 1. The van der Waals surface area contributed by atoms with Crippen molar-refractivity contribution in [2.24, 2.45) is 0 Å². The summed E-state index contributed by atoms with van der Waals surface area (Å²) in [5.41, 5.74) is -0.0263. The van der Waals surface area contributed by atoms with Crippen molar-refractivity contribution in [2.75, 3.05) is 7.05 Å². The van der Waals surface area contributed by atoms with Crippen molar-refractivity contribution >= 4 is 17.7 Å². The Balaban J connectivity index is 1.75. The third kappa shape index (κ3) is 3.90. The zero-order chi connectivity index (χ0) is 19.4. The van der Waals surface area contributed by atoms with E-state index in [9.17, 15) is 15.2 Å². The summed E-state index contributed by atoms with van der Waals surface area (Å²) in [4.78, 5) is 14.6. The van der Waals surface area contributed by atoms with E-state index in [1.165, 1.54) is 16.4 Å². The molecule has 0 saturated heterocycles. The zero-order valence-electron chi connectivity index (χ0n) is 15.4. The van der Waals surface area contributed by atoms with Crippen LogP contribution in [0, 0.1) is 11.3 Å². The summed E-state index contributed by atoms with van der Waals surface area (Å²) in [6.07, 6.45) is 4.47. The first kappa shape index (κ1) is 19.2. The lowest BCUT2D eigenvalue weighted by Crippen LogP contribution is -2.52. The third-order valence-electron chi connectivity index (χ3n) is 5.03. The van der Waals surface area contributed by atoms with E-state index in [0.717, 1.165) is 19.3 Å². The summed E-state index contributed by atoms with van der Waals surface area (Å²) in [6, 6.07) is 8.87. The number of nitriles is 1. The molecule has 1 saturated carbocycles. The van der Waals surface area contributed by atoms with E-state index in [2.05, 4.69) is 21.6 Å². The number of hydrogen-bond acceptors (Lipinski definition) is 7. The SMILES string of the molecule is C[C@H](Sc1nnnn1-c1ccc(O)cc1)C(=O)N(C)C1(C#N)CCCCC1. The van der Waals surface area contributed by atoms with Crippen LogP contribution in [0.3, 0.4) is 0 Å². The van der Waals surface area contributed by atoms with Gasteiger partial charge in [0.2, 0.25) is 11.1 Å². The molecule has 8 nitrogen and oxygen atoms in total. The molecule has 0 aliphatic heterocycles. The van der Waals surface area contributed by atoms with Crippen LogP contribution in [0.1, 0.15) is 39.0 Å². The monoisotopic (exact) mass is 386 g/mol. The smallest absolute Gasteiger partial charge is 0.236 e. The molecule has 1 aliphatic carbocycles. The molecule has 0 unspecified atom stereocenters. The fourth-order valence-corrected chi connectivity index (χ4v) is 4.26. The van der Waals surface area contributed by atoms with Crippen LogP contribution in [0.25, 0.3) is 5.69 Å². The van der Waals surface area contributed by atoms with Gasteiger partial charge in [-0.05, 0) is 54.5 Å². The van der Waals surface area contributed by atoms with E-state index < -0.39 is 10.8 Å². The maximum atomic E-state index is 13.0. The Labute approximate surface area is 162 Å². The van der Waals surface area contributed by atoms with Crippen molar-refractivity contribution in [3.63, 3.8) is 0 Å². The average molecular weight is 386 g/mol. The van der Waals surface area contributed by atoms with Crippen molar-refractivity contribution < 1.29 is 9.90 Å². The number of phenols is 1. The molecule has 27 heavy (non-hydrogen) atoms. The molecule has 0 bridgehead atoms. The van der Waals surface area contributed by atoms with Crippen molar-refractivity contribution in [3.8, 4) is 17.5 Å². The van der Waals surface area contributed by atoms with Crippen LogP contribution in [-0.2, 0) is 4.79 Å². The van der Waals surface area contributed by atoms with Crippen LogP contribution in [0.15, 0.2) is 29.4 Å². The van der Waals surface area contributed by atoms with Crippen LogP contribution in [0.4, 0.5) is 0 Å². The van der Waals surface area contributed by atoms with Crippen molar-refractivity contribution in [3.05, 3.63) is 24.3 Å². The van der Waals surface area contributed by atoms with Crippen LogP contribution in [0.5, 0.6) is 5.75 Å². The summed E-state index contributed by atoms with van der Waals surface area (Å²) < 4.78 is 1.52. The fourth-order valence-electron chi connectivity index (χ4n) is 3.36. The topological polar surface area (TPSA) is 108 Å². The van der Waals surface area contributed by atoms with Gasteiger partial charge in [-0.2, -0.15) is 9.94 Å². The molecule has 0 radical (unpaired) electrons. The van der Waals surface area contributed by atoms with Crippen LogP contribution in [-0.4, -0.2) is 54.0 Å². The van der Waals surface area contributed by atoms with E-state index in [0.29, 0.717) is 23.7 Å². The number of carbonyl (C=O) groups excluding carboxylic acids is 1. The summed E-state index contributed by atoms with van der Waals surface area (Å²) in [5.74, 6) is 0.0455. The highest BCUT2D eigenvalue weighted by Crippen LogP contribution is 2.34. The first-order chi connectivity index (χ1) is 13.0. The van der Waals surface area contributed by atoms with Gasteiger partial charge in [-0.15, -0.1) is 5.10 Å². The molecule has 1 atom stereocenters. The third-order valence-corrected chi connectivity index (χ3v) is 6.05. The highest BCUT2D eigenvalue weighted by molar-refractivity contribution is 8.00. The Morgan fingerprint density at radius 3 is 2.63 bits per heavy atom. The van der Waals surface area contributed by atoms with Crippen molar-refractivity contribution in [1.29, 1.82) is 5.26 Å². The summed E-state index contributed by atoms with van der Waals surface area (Å²) in [6.45, 7) is 1.80. The number of hydrogen-bond donors (Lipinski definition) is 1. The molecule has 2 aromatic rings. The first-order valence-corrected chi connectivity index (χ1v) is 9.78. The highest BCUT2D eigenvalue weighted by atomic mass is 32.2. The first-order valence-electron chi connectivity index (χ1n) is 8.90. The molecular weight excluding hydrogens is 364 g/mol. The number of aromatic nitrogens is 4. The second-order valence-corrected chi connectivity index (χ2v) is 8.06. The molecule has 0 spiro atoms. The van der Waals surface area contributed by atoms with Gasteiger partial charge in [0.1, 0.15) is 11.3 Å². The van der Waals surface area contributed by atoms with Gasteiger partial charge in [0.25, 0.3) is 0 Å². The van der Waals surface area contributed by atoms with Gasteiger partial charge in [-0.25, -0.2) is 0 Å². The fraction of sp³-hybridized carbons (Fsp3) is 0.500. The van der Waals surface area contributed by atoms with Gasteiger partial charge in [0, 0.05) is 7.05 Å². The minimum atomic E-state index is -0.715. The Kier molecular flexibility index (Phi) is 5.65. The van der Waals surface area contributed by atoms with Crippen molar-refractivity contribution in [2.45, 2.75) is 55.0 Å². The van der Waals surface area contributed by atoms with Gasteiger partial charge in [0.05, 0.1) is 17.0 Å². The molecular formula is C18H22N6O2S. The maximum absolute atomic E-state index is 13.0. The van der Waals surface area contributed by atoms with Crippen LogP contribution >= 0.6 is 11.8 Å². The minimum Gasteiger partial charge on any atom is -0.508 e. The normalized spacial score (nSPS) is 17.1. The Hall–Kier alpha value is -2.60.